The third-order valence-corrected chi connectivity index (χ3v) is 8.55. The zero-order valence-electron chi connectivity index (χ0n) is 16.2. The molecule has 1 saturated heterocycles. The molecule has 164 valence electrons. The van der Waals surface area contributed by atoms with Gasteiger partial charge in [-0.15, -0.1) is 0 Å². The Morgan fingerprint density at radius 2 is 1.87 bits per heavy atom. The van der Waals surface area contributed by atoms with Crippen LogP contribution >= 0.6 is 66.9 Å². The van der Waals surface area contributed by atoms with Crippen molar-refractivity contribution in [3.05, 3.63) is 43.8 Å². The minimum absolute atomic E-state index is 0.186. The van der Waals surface area contributed by atoms with Crippen molar-refractivity contribution < 1.29 is 19.5 Å². The standard InChI is InChI=1S/C18H21Cl2N2O4PS3/c1-3-4-5-21-13-7-11(19)12(20)8-14(13)29-15(21)6-10(2)16-17(23)22(18(28)30-16)9-27(24,25)26/h6-8,24-27H,3-5,9H2,1-2H3/b15-6-,16-10+. The van der Waals surface area contributed by atoms with Gasteiger partial charge >= 0.3 is 200 Å². The Balaban J connectivity index is 1.94. The fourth-order valence-electron chi connectivity index (χ4n) is 2.99. The molecule has 30 heavy (non-hydrogen) atoms. The van der Waals surface area contributed by atoms with Crippen molar-refractivity contribution in [3.63, 3.8) is 0 Å². The summed E-state index contributed by atoms with van der Waals surface area (Å²) in [5, 5.41) is 1.91. The van der Waals surface area contributed by atoms with Crippen LogP contribution in [0.5, 0.6) is 0 Å². The van der Waals surface area contributed by atoms with Crippen molar-refractivity contribution in [1.29, 1.82) is 0 Å². The van der Waals surface area contributed by atoms with Crippen LogP contribution < -0.4 is 4.90 Å². The number of rotatable bonds is 6. The summed E-state index contributed by atoms with van der Waals surface area (Å²) in [5.74, 6) is -0.444. The predicted octanol–water partition coefficient (Wildman–Crippen LogP) is 5.11. The van der Waals surface area contributed by atoms with Gasteiger partial charge in [0.1, 0.15) is 0 Å². The molecule has 1 amide bonds. The Bertz CT molecular complexity index is 965. The number of allylic oxidation sites excluding steroid dienone is 2. The topological polar surface area (TPSA) is 84.2 Å². The number of anilines is 1. The number of carbonyl (C=O) groups is 1. The number of amides is 1. The Hall–Kier alpha value is -0.350. The minimum atomic E-state index is -4.46. The first-order chi connectivity index (χ1) is 14.0. The van der Waals surface area contributed by atoms with E-state index in [0.717, 1.165) is 51.7 Å². The number of halogens is 2. The molecule has 1 fully saturated rings. The fourth-order valence-corrected chi connectivity index (χ4v) is 6.79. The van der Waals surface area contributed by atoms with Crippen molar-refractivity contribution in [3.8, 4) is 0 Å². The first-order valence-electron chi connectivity index (χ1n) is 9.09. The van der Waals surface area contributed by atoms with Crippen LogP contribution in [0.4, 0.5) is 5.69 Å². The van der Waals surface area contributed by atoms with Crippen LogP contribution in [0, 0.1) is 0 Å². The molecule has 0 unspecified atom stereocenters. The third-order valence-electron chi connectivity index (χ3n) is 4.43. The molecule has 1 aromatic rings. The molecule has 0 spiro atoms. The van der Waals surface area contributed by atoms with E-state index < -0.39 is 20.1 Å². The molecule has 0 atom stereocenters. The van der Waals surface area contributed by atoms with Gasteiger partial charge in [-0.1, -0.05) is 0 Å². The Kier molecular flexibility index (Phi) is 7.81. The molecule has 0 aromatic heterocycles. The molecule has 3 rings (SSSR count). The summed E-state index contributed by atoms with van der Waals surface area (Å²) < 4.78 is 0.186. The molecular weight excluding hydrogens is 506 g/mol. The molecule has 2 heterocycles. The molecule has 0 radical (unpaired) electrons. The second-order valence-corrected chi connectivity index (χ2v) is 12.3. The Labute approximate surface area is 199 Å². The van der Waals surface area contributed by atoms with Gasteiger partial charge in [-0.05, 0) is 0 Å². The van der Waals surface area contributed by atoms with Crippen LogP contribution in [-0.4, -0.2) is 42.6 Å². The van der Waals surface area contributed by atoms with Crippen molar-refractivity contribution in [2.75, 3.05) is 17.7 Å². The van der Waals surface area contributed by atoms with Crippen molar-refractivity contribution in [2.45, 2.75) is 31.6 Å². The first kappa shape index (κ1) is 24.3. The summed E-state index contributed by atoms with van der Waals surface area (Å²) >= 11 is 20.2. The number of nitrogens with zero attached hydrogens (tertiary/aromatic N) is 2. The van der Waals surface area contributed by atoms with Crippen LogP contribution in [0.15, 0.2) is 38.6 Å². The number of fused-ring (bicyclic) bond motifs is 1. The molecule has 1 aromatic carbocycles. The van der Waals surface area contributed by atoms with Crippen LogP contribution in [0.2, 0.25) is 10.0 Å². The molecule has 0 saturated carbocycles. The second-order valence-electron chi connectivity index (χ2n) is 6.87. The van der Waals surface area contributed by atoms with E-state index in [2.05, 4.69) is 11.8 Å². The van der Waals surface area contributed by atoms with Crippen molar-refractivity contribution in [1.82, 2.24) is 4.90 Å². The summed E-state index contributed by atoms with van der Waals surface area (Å²) in [4.78, 5) is 45.4. The van der Waals surface area contributed by atoms with E-state index in [9.17, 15) is 19.5 Å². The van der Waals surface area contributed by atoms with Gasteiger partial charge in [0.2, 0.25) is 0 Å². The molecule has 0 bridgehead atoms. The van der Waals surface area contributed by atoms with Gasteiger partial charge in [0.15, 0.2) is 0 Å². The number of carbonyl (C=O) groups excluding carboxylic acids is 1. The normalized spacial score (nSPS) is 20.4. The van der Waals surface area contributed by atoms with Gasteiger partial charge in [0.05, 0.1) is 0 Å². The Morgan fingerprint density at radius 3 is 2.50 bits per heavy atom. The van der Waals surface area contributed by atoms with Crippen LogP contribution in [-0.2, 0) is 4.79 Å². The summed E-state index contributed by atoms with van der Waals surface area (Å²) in [6.07, 6.45) is 3.34. The molecule has 3 N–H and O–H groups in total. The molecular formula is C18H21Cl2N2O4PS3. The van der Waals surface area contributed by atoms with Crippen LogP contribution in [0.1, 0.15) is 26.7 Å². The van der Waals surface area contributed by atoms with Gasteiger partial charge in [-0.25, -0.2) is 0 Å². The van der Waals surface area contributed by atoms with E-state index in [1.165, 1.54) is 0 Å². The number of hydrogen-bond donors (Lipinski definition) is 3. The van der Waals surface area contributed by atoms with Gasteiger partial charge in [-0.2, -0.15) is 0 Å². The fraction of sp³-hybridized carbons (Fsp3) is 0.333. The molecule has 2 aliphatic rings. The van der Waals surface area contributed by atoms with Crippen LogP contribution in [0.25, 0.3) is 0 Å². The van der Waals surface area contributed by atoms with E-state index >= 15 is 0 Å². The summed E-state index contributed by atoms with van der Waals surface area (Å²) in [6, 6.07) is 3.69. The van der Waals surface area contributed by atoms with Gasteiger partial charge in [0, 0.05) is 0 Å². The van der Waals surface area contributed by atoms with Gasteiger partial charge in [-0.3, -0.25) is 0 Å². The quantitative estimate of drug-likeness (QED) is 0.268. The Morgan fingerprint density at radius 1 is 1.20 bits per heavy atom. The maximum absolute atomic E-state index is 12.7. The average molecular weight is 527 g/mol. The molecule has 0 aliphatic carbocycles. The van der Waals surface area contributed by atoms with E-state index in [1.54, 1.807) is 11.8 Å². The number of thiocarbonyl (C=S) groups is 1. The van der Waals surface area contributed by atoms with E-state index in [4.69, 9.17) is 35.4 Å². The average Bonchev–Trinajstić information content (AvgIpc) is 3.10. The van der Waals surface area contributed by atoms with Crippen molar-refractivity contribution in [2.24, 2.45) is 0 Å². The number of unbranched alkanes of at least 4 members (excludes halogenated alkanes) is 1. The second kappa shape index (κ2) is 9.65. The van der Waals surface area contributed by atoms with E-state index in [0.29, 0.717) is 20.5 Å². The third kappa shape index (κ3) is 5.34. The number of thioether (sulfide) groups is 2. The summed E-state index contributed by atoms with van der Waals surface area (Å²) in [5.41, 5.74) is 1.68. The van der Waals surface area contributed by atoms with Gasteiger partial charge < -0.3 is 0 Å². The van der Waals surface area contributed by atoms with Crippen LogP contribution in [0.3, 0.4) is 0 Å². The summed E-state index contributed by atoms with van der Waals surface area (Å²) in [7, 11) is -4.46. The molecule has 6 nitrogen and oxygen atoms in total. The summed E-state index contributed by atoms with van der Waals surface area (Å²) in [6.45, 7) is 4.72. The van der Waals surface area contributed by atoms with E-state index in [-0.39, 0.29) is 4.32 Å². The van der Waals surface area contributed by atoms with Gasteiger partial charge in [0.25, 0.3) is 0 Å². The SMILES string of the molecule is CCCCN1/C(=C/C(C)=C2/SC(=S)N(C[PH](O)(O)O)C2=O)Sc2cc(Cl)c(Cl)cc21. The first-order valence-corrected chi connectivity index (χ1v) is 13.9. The van der Waals surface area contributed by atoms with Crippen molar-refractivity contribution >= 4 is 82.8 Å². The maximum atomic E-state index is 12.7. The zero-order valence-corrected chi connectivity index (χ0v) is 21.1. The number of hydrogen-bond acceptors (Lipinski definition) is 8. The van der Waals surface area contributed by atoms with E-state index in [1.807, 2.05) is 25.1 Å². The zero-order chi connectivity index (χ0) is 22.2. The monoisotopic (exact) mass is 526 g/mol. The predicted molar refractivity (Wildman–Crippen MR) is 132 cm³/mol. The molecule has 12 heteroatoms. The molecule has 2 aliphatic heterocycles. The number of benzene rings is 1.